The second kappa shape index (κ2) is 6.45. The van der Waals surface area contributed by atoms with Crippen LogP contribution < -0.4 is 9.47 Å². The standard InChI is InChI=1S/C15H14ClNO4/c1-9(2)20-12-4-3-7-17-14(12)21-13-8-10(16)5-6-11(13)15(18)19/h3-9H,1-2H3,(H,18,19). The lowest BCUT2D eigenvalue weighted by Crippen LogP contribution is -2.07. The Labute approximate surface area is 127 Å². The maximum Gasteiger partial charge on any atom is 0.339 e. The van der Waals surface area contributed by atoms with Gasteiger partial charge in [-0.3, -0.25) is 0 Å². The number of aromatic nitrogens is 1. The normalized spacial score (nSPS) is 10.5. The van der Waals surface area contributed by atoms with Gasteiger partial charge in [0.1, 0.15) is 11.3 Å². The van der Waals surface area contributed by atoms with E-state index in [1.165, 1.54) is 24.4 Å². The van der Waals surface area contributed by atoms with Gasteiger partial charge in [0.25, 0.3) is 5.88 Å². The Morgan fingerprint density at radius 1 is 1.29 bits per heavy atom. The molecule has 0 saturated heterocycles. The fraction of sp³-hybridized carbons (Fsp3) is 0.200. The molecule has 5 nitrogen and oxygen atoms in total. The van der Waals surface area contributed by atoms with Crippen LogP contribution in [-0.2, 0) is 0 Å². The summed E-state index contributed by atoms with van der Waals surface area (Å²) in [6.07, 6.45) is 1.47. The molecule has 1 N–H and O–H groups in total. The van der Waals surface area contributed by atoms with Crippen LogP contribution in [0.4, 0.5) is 0 Å². The SMILES string of the molecule is CC(C)Oc1cccnc1Oc1cc(Cl)ccc1C(=O)O. The lowest BCUT2D eigenvalue weighted by atomic mass is 10.2. The molecule has 1 aromatic carbocycles. The summed E-state index contributed by atoms with van der Waals surface area (Å²) in [5.41, 5.74) is 0.000509. The van der Waals surface area contributed by atoms with Crippen molar-refractivity contribution in [3.05, 3.63) is 47.1 Å². The minimum atomic E-state index is -1.11. The van der Waals surface area contributed by atoms with Crippen molar-refractivity contribution in [3.8, 4) is 17.4 Å². The molecule has 0 radical (unpaired) electrons. The highest BCUT2D eigenvalue weighted by Crippen LogP contribution is 2.33. The van der Waals surface area contributed by atoms with Gasteiger partial charge >= 0.3 is 5.97 Å². The molecular formula is C15H14ClNO4. The third kappa shape index (κ3) is 3.86. The average Bonchev–Trinajstić information content (AvgIpc) is 2.40. The van der Waals surface area contributed by atoms with Gasteiger partial charge in [-0.15, -0.1) is 0 Å². The monoisotopic (exact) mass is 307 g/mol. The van der Waals surface area contributed by atoms with Crippen LogP contribution in [0.2, 0.25) is 5.02 Å². The van der Waals surface area contributed by atoms with Gasteiger partial charge in [0.15, 0.2) is 5.75 Å². The molecule has 0 aliphatic carbocycles. The molecule has 21 heavy (non-hydrogen) atoms. The van der Waals surface area contributed by atoms with Gasteiger partial charge in [-0.2, -0.15) is 0 Å². The summed E-state index contributed by atoms with van der Waals surface area (Å²) < 4.78 is 11.2. The molecule has 2 aromatic rings. The van der Waals surface area contributed by atoms with Crippen LogP contribution in [0.15, 0.2) is 36.5 Å². The van der Waals surface area contributed by atoms with Crippen molar-refractivity contribution in [1.29, 1.82) is 0 Å². The summed E-state index contributed by atoms with van der Waals surface area (Å²) in [5.74, 6) is -0.369. The third-order valence-corrected chi connectivity index (χ3v) is 2.71. The highest BCUT2D eigenvalue weighted by atomic mass is 35.5. The Hall–Kier alpha value is -2.27. The first-order valence-corrected chi connectivity index (χ1v) is 6.67. The fourth-order valence-electron chi connectivity index (χ4n) is 1.66. The zero-order valence-corrected chi connectivity index (χ0v) is 12.3. The Balaban J connectivity index is 2.38. The van der Waals surface area contributed by atoms with Crippen LogP contribution in [0.5, 0.6) is 17.4 Å². The number of rotatable bonds is 5. The Bertz CT molecular complexity index is 658. The quantitative estimate of drug-likeness (QED) is 0.903. The molecule has 0 amide bonds. The molecule has 2 rings (SSSR count). The number of carbonyl (C=O) groups is 1. The van der Waals surface area contributed by atoms with Crippen molar-refractivity contribution in [2.75, 3.05) is 0 Å². The van der Waals surface area contributed by atoms with Gasteiger partial charge < -0.3 is 14.6 Å². The largest absolute Gasteiger partial charge is 0.485 e. The van der Waals surface area contributed by atoms with E-state index in [1.54, 1.807) is 12.1 Å². The second-order valence-corrected chi connectivity index (χ2v) is 4.96. The lowest BCUT2D eigenvalue weighted by molar-refractivity contribution is 0.0694. The molecule has 0 fully saturated rings. The van der Waals surface area contributed by atoms with Crippen molar-refractivity contribution in [2.24, 2.45) is 0 Å². The van der Waals surface area contributed by atoms with Gasteiger partial charge in [-0.05, 0) is 38.1 Å². The van der Waals surface area contributed by atoms with Gasteiger partial charge in [-0.25, -0.2) is 9.78 Å². The Kier molecular flexibility index (Phi) is 4.65. The molecule has 0 aliphatic rings. The van der Waals surface area contributed by atoms with Crippen LogP contribution in [0.3, 0.4) is 0 Å². The van der Waals surface area contributed by atoms with E-state index < -0.39 is 5.97 Å². The molecule has 0 saturated carbocycles. The zero-order chi connectivity index (χ0) is 15.4. The molecular weight excluding hydrogens is 294 g/mol. The first-order chi connectivity index (χ1) is 9.97. The Morgan fingerprint density at radius 2 is 2.05 bits per heavy atom. The van der Waals surface area contributed by atoms with E-state index in [0.29, 0.717) is 10.8 Å². The first kappa shape index (κ1) is 15.1. The molecule has 0 bridgehead atoms. The number of nitrogens with zero attached hydrogens (tertiary/aromatic N) is 1. The van der Waals surface area contributed by atoms with Crippen molar-refractivity contribution in [1.82, 2.24) is 4.98 Å². The number of aromatic carboxylic acids is 1. The molecule has 6 heteroatoms. The van der Waals surface area contributed by atoms with Crippen LogP contribution in [-0.4, -0.2) is 22.2 Å². The molecule has 1 aromatic heterocycles. The average molecular weight is 308 g/mol. The number of pyridine rings is 1. The second-order valence-electron chi connectivity index (χ2n) is 4.52. The van der Waals surface area contributed by atoms with E-state index in [0.717, 1.165) is 0 Å². The van der Waals surface area contributed by atoms with Crippen LogP contribution in [0, 0.1) is 0 Å². The topological polar surface area (TPSA) is 68.7 Å². The van der Waals surface area contributed by atoms with Crippen LogP contribution in [0.1, 0.15) is 24.2 Å². The number of hydrogen-bond acceptors (Lipinski definition) is 4. The molecule has 110 valence electrons. The number of hydrogen-bond donors (Lipinski definition) is 1. The summed E-state index contributed by atoms with van der Waals surface area (Å²) in [5, 5.41) is 9.55. The lowest BCUT2D eigenvalue weighted by Gasteiger charge is -2.14. The van der Waals surface area contributed by atoms with E-state index in [-0.39, 0.29) is 23.3 Å². The molecule has 0 atom stereocenters. The predicted octanol–water partition coefficient (Wildman–Crippen LogP) is 4.01. The van der Waals surface area contributed by atoms with Gasteiger partial charge in [0, 0.05) is 17.3 Å². The van der Waals surface area contributed by atoms with Gasteiger partial charge in [0.2, 0.25) is 0 Å². The number of ether oxygens (including phenoxy) is 2. The summed E-state index contributed by atoms with van der Waals surface area (Å²) >= 11 is 5.89. The van der Waals surface area contributed by atoms with Crippen molar-refractivity contribution in [2.45, 2.75) is 20.0 Å². The first-order valence-electron chi connectivity index (χ1n) is 6.29. The molecule has 1 heterocycles. The summed E-state index contributed by atoms with van der Waals surface area (Å²) in [6.45, 7) is 3.75. The van der Waals surface area contributed by atoms with Gasteiger partial charge in [0.05, 0.1) is 6.10 Å². The highest BCUT2D eigenvalue weighted by molar-refractivity contribution is 6.30. The number of benzene rings is 1. The van der Waals surface area contributed by atoms with Crippen molar-refractivity contribution in [3.63, 3.8) is 0 Å². The van der Waals surface area contributed by atoms with E-state index in [1.807, 2.05) is 13.8 Å². The summed E-state index contributed by atoms with van der Waals surface area (Å²) in [7, 11) is 0. The zero-order valence-electron chi connectivity index (χ0n) is 11.5. The minimum absolute atomic E-state index is 0.000509. The van der Waals surface area contributed by atoms with Crippen LogP contribution in [0.25, 0.3) is 0 Å². The third-order valence-electron chi connectivity index (χ3n) is 2.48. The number of carboxylic acids is 1. The smallest absolute Gasteiger partial charge is 0.339 e. The predicted molar refractivity (Wildman–Crippen MR) is 78.5 cm³/mol. The van der Waals surface area contributed by atoms with Crippen molar-refractivity contribution < 1.29 is 19.4 Å². The van der Waals surface area contributed by atoms with E-state index in [2.05, 4.69) is 4.98 Å². The van der Waals surface area contributed by atoms with E-state index in [9.17, 15) is 9.90 Å². The van der Waals surface area contributed by atoms with Crippen LogP contribution >= 0.6 is 11.6 Å². The minimum Gasteiger partial charge on any atom is -0.485 e. The van der Waals surface area contributed by atoms with Crippen molar-refractivity contribution >= 4 is 17.6 Å². The highest BCUT2D eigenvalue weighted by Gasteiger charge is 2.16. The van der Waals surface area contributed by atoms with Gasteiger partial charge in [-0.1, -0.05) is 11.6 Å². The Morgan fingerprint density at radius 3 is 2.71 bits per heavy atom. The number of halogens is 1. The summed E-state index contributed by atoms with van der Waals surface area (Å²) in [6, 6.07) is 7.71. The molecule has 0 unspecified atom stereocenters. The maximum absolute atomic E-state index is 11.2. The molecule has 0 spiro atoms. The van der Waals surface area contributed by atoms with E-state index >= 15 is 0 Å². The summed E-state index contributed by atoms with van der Waals surface area (Å²) in [4.78, 5) is 15.3. The number of carboxylic acid groups (broad SMARTS) is 1. The fourth-order valence-corrected chi connectivity index (χ4v) is 1.82. The van der Waals surface area contributed by atoms with E-state index in [4.69, 9.17) is 21.1 Å². The molecule has 0 aliphatic heterocycles. The maximum atomic E-state index is 11.2.